The molecule has 0 atom stereocenters. The van der Waals surface area contributed by atoms with Crippen molar-refractivity contribution in [1.29, 1.82) is 0 Å². The molecule has 0 unspecified atom stereocenters. The van der Waals surface area contributed by atoms with Crippen LogP contribution < -0.4 is 5.32 Å². The van der Waals surface area contributed by atoms with E-state index in [2.05, 4.69) is 5.32 Å². The van der Waals surface area contributed by atoms with Gasteiger partial charge in [-0.3, -0.25) is 14.4 Å². The summed E-state index contributed by atoms with van der Waals surface area (Å²) in [6, 6.07) is 15.3. The molecular weight excluding hydrogens is 399 g/mol. The number of benzene rings is 2. The van der Waals surface area contributed by atoms with Gasteiger partial charge < -0.3 is 15.0 Å². The minimum absolute atomic E-state index is 0.0872. The fourth-order valence-electron chi connectivity index (χ4n) is 3.28. The third kappa shape index (κ3) is 7.06. The summed E-state index contributed by atoms with van der Waals surface area (Å²) in [4.78, 5) is 38.1. The number of likely N-dealkylation sites (tertiary alicyclic amines) is 1. The maximum atomic E-state index is 12.9. The SMILES string of the molecule is O=C(COC(=O)C1CCN(C(=O)/C=C/c2ccccc2)CC1)NCc1ccc(F)cc1. The molecule has 2 amide bonds. The van der Waals surface area contributed by atoms with Crippen LogP contribution in [0.4, 0.5) is 4.39 Å². The van der Waals surface area contributed by atoms with Crippen LogP contribution in [0.15, 0.2) is 60.7 Å². The molecule has 0 spiro atoms. The average Bonchev–Trinajstić information content (AvgIpc) is 2.81. The fourth-order valence-corrected chi connectivity index (χ4v) is 3.28. The molecule has 3 rings (SSSR count). The highest BCUT2D eigenvalue weighted by molar-refractivity contribution is 5.92. The number of hydrogen-bond donors (Lipinski definition) is 1. The molecule has 1 aliphatic rings. The third-order valence-corrected chi connectivity index (χ3v) is 5.11. The van der Waals surface area contributed by atoms with Gasteiger partial charge in [0.15, 0.2) is 6.61 Å². The van der Waals surface area contributed by atoms with Crippen LogP contribution in [0.3, 0.4) is 0 Å². The van der Waals surface area contributed by atoms with E-state index in [1.165, 1.54) is 12.1 Å². The van der Waals surface area contributed by atoms with Crippen molar-refractivity contribution in [2.45, 2.75) is 19.4 Å². The monoisotopic (exact) mass is 424 g/mol. The Morgan fingerprint density at radius 2 is 1.71 bits per heavy atom. The number of halogens is 1. The van der Waals surface area contributed by atoms with Gasteiger partial charge in [0.1, 0.15) is 5.82 Å². The van der Waals surface area contributed by atoms with Crippen LogP contribution in [0.25, 0.3) is 6.08 Å². The van der Waals surface area contributed by atoms with Crippen LogP contribution in [0.5, 0.6) is 0 Å². The standard InChI is InChI=1S/C24H25FN2O4/c25-21-9-6-19(7-10-21)16-26-22(28)17-31-24(30)20-12-14-27(15-13-20)23(29)11-8-18-4-2-1-3-5-18/h1-11,20H,12-17H2,(H,26,28)/b11-8+. The molecule has 0 saturated carbocycles. The number of rotatable bonds is 7. The summed E-state index contributed by atoms with van der Waals surface area (Å²) >= 11 is 0. The zero-order valence-electron chi connectivity index (χ0n) is 17.1. The van der Waals surface area contributed by atoms with E-state index in [1.807, 2.05) is 30.3 Å². The van der Waals surface area contributed by atoms with Gasteiger partial charge in [-0.05, 0) is 42.2 Å². The first-order valence-electron chi connectivity index (χ1n) is 10.2. The number of carbonyl (C=O) groups excluding carboxylic acids is 3. The average molecular weight is 424 g/mol. The van der Waals surface area contributed by atoms with E-state index in [-0.39, 0.29) is 30.8 Å². The second kappa shape index (κ2) is 11.1. The van der Waals surface area contributed by atoms with Crippen molar-refractivity contribution in [1.82, 2.24) is 10.2 Å². The lowest BCUT2D eigenvalue weighted by Gasteiger charge is -2.30. The molecular formula is C24H25FN2O4. The summed E-state index contributed by atoms with van der Waals surface area (Å²) in [5, 5.41) is 2.63. The lowest BCUT2D eigenvalue weighted by atomic mass is 9.97. The number of nitrogens with one attached hydrogen (secondary N) is 1. The Labute approximate surface area is 180 Å². The van der Waals surface area contributed by atoms with Crippen molar-refractivity contribution in [3.63, 3.8) is 0 Å². The van der Waals surface area contributed by atoms with Gasteiger partial charge in [0.05, 0.1) is 5.92 Å². The van der Waals surface area contributed by atoms with Crippen LogP contribution >= 0.6 is 0 Å². The highest BCUT2D eigenvalue weighted by Crippen LogP contribution is 2.19. The summed E-state index contributed by atoms with van der Waals surface area (Å²) in [7, 11) is 0. The van der Waals surface area contributed by atoms with E-state index in [0.29, 0.717) is 25.9 Å². The quantitative estimate of drug-likeness (QED) is 0.548. The largest absolute Gasteiger partial charge is 0.455 e. The summed E-state index contributed by atoms with van der Waals surface area (Å²) in [6.07, 6.45) is 4.31. The zero-order valence-corrected chi connectivity index (χ0v) is 17.1. The Balaban J connectivity index is 1.35. The number of nitrogens with zero attached hydrogens (tertiary/aromatic N) is 1. The molecule has 0 aliphatic carbocycles. The van der Waals surface area contributed by atoms with Crippen molar-refractivity contribution >= 4 is 23.9 Å². The second-order valence-electron chi connectivity index (χ2n) is 7.35. The summed E-state index contributed by atoms with van der Waals surface area (Å²) in [6.45, 7) is 0.801. The molecule has 0 aromatic heterocycles. The Morgan fingerprint density at radius 3 is 2.39 bits per heavy atom. The molecule has 1 saturated heterocycles. The van der Waals surface area contributed by atoms with Crippen molar-refractivity contribution < 1.29 is 23.5 Å². The summed E-state index contributed by atoms with van der Waals surface area (Å²) in [5.74, 6) is -1.60. The van der Waals surface area contributed by atoms with Crippen molar-refractivity contribution in [3.05, 3.63) is 77.6 Å². The van der Waals surface area contributed by atoms with Crippen molar-refractivity contribution in [2.24, 2.45) is 5.92 Å². The van der Waals surface area contributed by atoms with E-state index in [4.69, 9.17) is 4.74 Å². The van der Waals surface area contributed by atoms with Crippen molar-refractivity contribution in [2.75, 3.05) is 19.7 Å². The molecule has 2 aromatic rings. The molecule has 31 heavy (non-hydrogen) atoms. The predicted molar refractivity (Wildman–Crippen MR) is 114 cm³/mol. The minimum atomic E-state index is -0.427. The number of carbonyl (C=O) groups is 3. The molecule has 7 heteroatoms. The van der Waals surface area contributed by atoms with Gasteiger partial charge in [0.25, 0.3) is 5.91 Å². The predicted octanol–water partition coefficient (Wildman–Crippen LogP) is 2.94. The van der Waals surface area contributed by atoms with Gasteiger partial charge in [-0.2, -0.15) is 0 Å². The van der Waals surface area contributed by atoms with Gasteiger partial charge in [-0.15, -0.1) is 0 Å². The summed E-state index contributed by atoms with van der Waals surface area (Å²) in [5.41, 5.74) is 1.70. The number of piperidine rings is 1. The molecule has 162 valence electrons. The molecule has 1 aliphatic heterocycles. The maximum Gasteiger partial charge on any atom is 0.309 e. The Kier molecular flexibility index (Phi) is 7.92. The lowest BCUT2D eigenvalue weighted by Crippen LogP contribution is -2.40. The molecule has 1 fully saturated rings. The lowest BCUT2D eigenvalue weighted by molar-refractivity contribution is -0.154. The molecule has 1 N–H and O–H groups in total. The topological polar surface area (TPSA) is 75.7 Å². The molecule has 0 bridgehead atoms. The van der Waals surface area contributed by atoms with Crippen LogP contribution in [0, 0.1) is 11.7 Å². The first-order chi connectivity index (χ1) is 15.0. The second-order valence-corrected chi connectivity index (χ2v) is 7.35. The fraction of sp³-hybridized carbons (Fsp3) is 0.292. The van der Waals surface area contributed by atoms with Crippen LogP contribution in [-0.4, -0.2) is 42.4 Å². The molecule has 2 aromatic carbocycles. The van der Waals surface area contributed by atoms with Gasteiger partial charge in [0.2, 0.25) is 5.91 Å². The first-order valence-corrected chi connectivity index (χ1v) is 10.2. The van der Waals surface area contributed by atoms with Gasteiger partial charge >= 0.3 is 5.97 Å². The van der Waals surface area contributed by atoms with E-state index in [1.54, 1.807) is 29.2 Å². The van der Waals surface area contributed by atoms with Gasteiger partial charge in [-0.25, -0.2) is 4.39 Å². The van der Waals surface area contributed by atoms with E-state index in [0.717, 1.165) is 11.1 Å². The Bertz CT molecular complexity index is 920. The Hall–Kier alpha value is -3.48. The molecule has 6 nitrogen and oxygen atoms in total. The van der Waals surface area contributed by atoms with E-state index < -0.39 is 11.9 Å². The first kappa shape index (κ1) is 22.2. The van der Waals surface area contributed by atoms with E-state index >= 15 is 0 Å². The minimum Gasteiger partial charge on any atom is -0.455 e. The Morgan fingerprint density at radius 1 is 1.03 bits per heavy atom. The molecule has 0 radical (unpaired) electrons. The summed E-state index contributed by atoms with van der Waals surface area (Å²) < 4.78 is 18.0. The van der Waals surface area contributed by atoms with Gasteiger partial charge in [-0.1, -0.05) is 42.5 Å². The number of amides is 2. The number of esters is 1. The number of hydrogen-bond acceptors (Lipinski definition) is 4. The normalized spacial score (nSPS) is 14.4. The smallest absolute Gasteiger partial charge is 0.309 e. The van der Waals surface area contributed by atoms with Crippen LogP contribution in [0.2, 0.25) is 0 Å². The van der Waals surface area contributed by atoms with Gasteiger partial charge in [0, 0.05) is 25.7 Å². The highest BCUT2D eigenvalue weighted by Gasteiger charge is 2.28. The van der Waals surface area contributed by atoms with Crippen LogP contribution in [0.1, 0.15) is 24.0 Å². The maximum absolute atomic E-state index is 12.9. The zero-order chi connectivity index (χ0) is 22.1. The number of ether oxygens (including phenoxy) is 1. The highest BCUT2D eigenvalue weighted by atomic mass is 19.1. The third-order valence-electron chi connectivity index (χ3n) is 5.11. The van der Waals surface area contributed by atoms with Crippen molar-refractivity contribution in [3.8, 4) is 0 Å². The van der Waals surface area contributed by atoms with Crippen LogP contribution in [-0.2, 0) is 25.7 Å². The molecule has 1 heterocycles. The van der Waals surface area contributed by atoms with E-state index in [9.17, 15) is 18.8 Å².